The van der Waals surface area contributed by atoms with Crippen LogP contribution in [0.4, 0.5) is 17.6 Å². The Bertz CT molecular complexity index is 1090. The summed E-state index contributed by atoms with van der Waals surface area (Å²) in [5, 5.41) is 0. The van der Waals surface area contributed by atoms with Crippen molar-refractivity contribution in [3.8, 4) is 17.3 Å². The molecule has 1 fully saturated rings. The molecule has 2 aromatic heterocycles. The van der Waals surface area contributed by atoms with Gasteiger partial charge in [0, 0.05) is 36.8 Å². The van der Waals surface area contributed by atoms with Crippen molar-refractivity contribution < 1.29 is 27.1 Å². The predicted molar refractivity (Wildman–Crippen MR) is 106 cm³/mol. The second kappa shape index (κ2) is 8.89. The van der Waals surface area contributed by atoms with Crippen LogP contribution in [0.25, 0.3) is 11.4 Å². The van der Waals surface area contributed by atoms with Crippen molar-refractivity contribution in [2.75, 3.05) is 13.1 Å². The van der Waals surface area contributed by atoms with Gasteiger partial charge in [-0.25, -0.2) is 19.3 Å². The first-order valence-electron chi connectivity index (χ1n) is 9.87. The highest BCUT2D eigenvalue weighted by atomic mass is 19.4. The van der Waals surface area contributed by atoms with Gasteiger partial charge < -0.3 is 9.64 Å². The summed E-state index contributed by atoms with van der Waals surface area (Å²) < 4.78 is 57.7. The van der Waals surface area contributed by atoms with Crippen LogP contribution < -0.4 is 4.74 Å². The van der Waals surface area contributed by atoms with E-state index in [1.165, 1.54) is 30.6 Å². The Morgan fingerprint density at radius 2 is 1.88 bits per heavy atom. The molecule has 1 aromatic carbocycles. The number of carbonyl (C=O) groups is 1. The van der Waals surface area contributed by atoms with Gasteiger partial charge in [0.2, 0.25) is 5.88 Å². The van der Waals surface area contributed by atoms with Crippen LogP contribution in [-0.2, 0) is 6.18 Å². The summed E-state index contributed by atoms with van der Waals surface area (Å²) in [5.41, 5.74) is -0.328. The normalized spacial score (nSPS) is 16.6. The van der Waals surface area contributed by atoms with Crippen LogP contribution in [-0.4, -0.2) is 45.0 Å². The molecule has 1 aliphatic heterocycles. The maximum Gasteiger partial charge on any atom is 0.417 e. The van der Waals surface area contributed by atoms with Gasteiger partial charge in [0.05, 0.1) is 17.7 Å². The molecule has 0 spiro atoms. The number of hydrogen-bond donors (Lipinski definition) is 0. The molecule has 4 rings (SSSR count). The standard InChI is InChI=1S/C22H18F4N4O2/c23-15-5-6-17(18(11-15)20-27-8-2-9-28-20)21(31)30-10-1-3-16(13-30)32-19-7-4-14(12-29-19)22(24,25)26/h2,4-9,11-12,16H,1,3,10,13H2/t16-/m1/s1. The Balaban J connectivity index is 1.50. The molecular formula is C22H18F4N4O2. The minimum atomic E-state index is -4.48. The molecule has 3 heterocycles. The molecule has 10 heteroatoms. The van der Waals surface area contributed by atoms with Gasteiger partial charge in [-0.2, -0.15) is 13.2 Å². The summed E-state index contributed by atoms with van der Waals surface area (Å²) in [6, 6.07) is 7.49. The Morgan fingerprint density at radius 3 is 2.56 bits per heavy atom. The third-order valence-electron chi connectivity index (χ3n) is 5.04. The van der Waals surface area contributed by atoms with E-state index in [1.807, 2.05) is 0 Å². The lowest BCUT2D eigenvalue weighted by Gasteiger charge is -2.33. The molecule has 1 atom stereocenters. The van der Waals surface area contributed by atoms with E-state index in [1.54, 1.807) is 11.0 Å². The smallest absolute Gasteiger partial charge is 0.417 e. The molecule has 0 N–H and O–H groups in total. The third kappa shape index (κ3) is 4.84. The first-order valence-corrected chi connectivity index (χ1v) is 9.87. The van der Waals surface area contributed by atoms with Gasteiger partial charge in [0.25, 0.3) is 5.91 Å². The van der Waals surface area contributed by atoms with Crippen molar-refractivity contribution in [3.05, 3.63) is 71.9 Å². The van der Waals surface area contributed by atoms with Crippen LogP contribution in [0, 0.1) is 5.82 Å². The number of aromatic nitrogens is 3. The summed E-state index contributed by atoms with van der Waals surface area (Å²) in [6.45, 7) is 0.680. The number of benzene rings is 1. The topological polar surface area (TPSA) is 68.2 Å². The Kier molecular flexibility index (Phi) is 6.02. The molecule has 1 amide bonds. The van der Waals surface area contributed by atoms with Gasteiger partial charge in [0.1, 0.15) is 11.9 Å². The number of likely N-dealkylation sites (tertiary alicyclic amines) is 1. The molecule has 0 radical (unpaired) electrons. The SMILES string of the molecule is O=C(c1ccc(F)cc1-c1ncccn1)N1CCC[C@@H](Oc2ccc(C(F)(F)F)cn2)C1. The number of amides is 1. The largest absolute Gasteiger partial charge is 0.472 e. The number of ether oxygens (including phenoxy) is 1. The monoisotopic (exact) mass is 446 g/mol. The summed E-state index contributed by atoms with van der Waals surface area (Å²) in [4.78, 5) is 26.7. The van der Waals surface area contributed by atoms with E-state index in [0.29, 0.717) is 25.6 Å². The second-order valence-electron chi connectivity index (χ2n) is 7.28. The molecule has 1 saturated heterocycles. The van der Waals surface area contributed by atoms with Crippen molar-refractivity contribution in [1.29, 1.82) is 0 Å². The minimum Gasteiger partial charge on any atom is -0.472 e. The third-order valence-corrected chi connectivity index (χ3v) is 5.04. The first kappa shape index (κ1) is 21.7. The van der Waals surface area contributed by atoms with Gasteiger partial charge in [0.15, 0.2) is 5.82 Å². The van der Waals surface area contributed by atoms with Gasteiger partial charge in [-0.15, -0.1) is 0 Å². The average Bonchev–Trinajstić information content (AvgIpc) is 2.79. The zero-order valence-electron chi connectivity index (χ0n) is 16.7. The number of halogens is 4. The number of rotatable bonds is 4. The zero-order valence-corrected chi connectivity index (χ0v) is 16.7. The van der Waals surface area contributed by atoms with Gasteiger partial charge in [-0.1, -0.05) is 0 Å². The molecule has 6 nitrogen and oxygen atoms in total. The van der Waals surface area contributed by atoms with Crippen LogP contribution in [0.15, 0.2) is 55.0 Å². The number of pyridine rings is 1. The highest BCUT2D eigenvalue weighted by molar-refractivity contribution is 6.00. The van der Waals surface area contributed by atoms with Crippen LogP contribution in [0.3, 0.4) is 0 Å². The van der Waals surface area contributed by atoms with Gasteiger partial charge in [-0.3, -0.25) is 4.79 Å². The van der Waals surface area contributed by atoms with Crippen LogP contribution in [0.1, 0.15) is 28.8 Å². The maximum atomic E-state index is 13.9. The summed E-state index contributed by atoms with van der Waals surface area (Å²) in [7, 11) is 0. The van der Waals surface area contributed by atoms with E-state index in [2.05, 4.69) is 15.0 Å². The molecule has 32 heavy (non-hydrogen) atoms. The molecule has 0 saturated carbocycles. The lowest BCUT2D eigenvalue weighted by atomic mass is 10.0. The van der Waals surface area contributed by atoms with E-state index in [0.717, 1.165) is 12.1 Å². The summed E-state index contributed by atoms with van der Waals surface area (Å²) in [5.74, 6) is -0.565. The van der Waals surface area contributed by atoms with E-state index in [4.69, 9.17) is 4.74 Å². The summed E-state index contributed by atoms with van der Waals surface area (Å²) >= 11 is 0. The van der Waals surface area contributed by atoms with Gasteiger partial charge >= 0.3 is 6.18 Å². The molecular weight excluding hydrogens is 428 g/mol. The fraction of sp³-hybridized carbons (Fsp3) is 0.273. The number of alkyl halides is 3. The number of nitrogens with zero attached hydrogens (tertiary/aromatic N) is 4. The second-order valence-corrected chi connectivity index (χ2v) is 7.28. The van der Waals surface area contributed by atoms with Crippen molar-refractivity contribution in [3.63, 3.8) is 0 Å². The van der Waals surface area contributed by atoms with Crippen molar-refractivity contribution in [2.45, 2.75) is 25.1 Å². The first-order chi connectivity index (χ1) is 15.3. The van der Waals surface area contributed by atoms with Crippen molar-refractivity contribution >= 4 is 5.91 Å². The zero-order chi connectivity index (χ0) is 22.7. The van der Waals surface area contributed by atoms with Crippen LogP contribution >= 0.6 is 0 Å². The minimum absolute atomic E-state index is 0.0532. The van der Waals surface area contributed by atoms with Crippen LogP contribution in [0.5, 0.6) is 5.88 Å². The van der Waals surface area contributed by atoms with E-state index < -0.39 is 23.7 Å². The number of hydrogen-bond acceptors (Lipinski definition) is 5. The number of piperidine rings is 1. The van der Waals surface area contributed by atoms with Crippen molar-refractivity contribution in [2.24, 2.45) is 0 Å². The number of carbonyl (C=O) groups excluding carboxylic acids is 1. The Hall–Kier alpha value is -3.56. The summed E-state index contributed by atoms with van der Waals surface area (Å²) in [6.07, 6.45) is 0.0570. The fourth-order valence-electron chi connectivity index (χ4n) is 3.50. The van der Waals surface area contributed by atoms with Crippen LogP contribution in [0.2, 0.25) is 0 Å². The molecule has 3 aromatic rings. The Labute approximate surface area is 180 Å². The molecule has 0 aliphatic carbocycles. The van der Waals surface area contributed by atoms with E-state index in [9.17, 15) is 22.4 Å². The van der Waals surface area contributed by atoms with E-state index in [-0.39, 0.29) is 35.3 Å². The molecule has 166 valence electrons. The lowest BCUT2D eigenvalue weighted by Crippen LogP contribution is -2.44. The van der Waals surface area contributed by atoms with Crippen molar-refractivity contribution in [1.82, 2.24) is 19.9 Å². The fourth-order valence-corrected chi connectivity index (χ4v) is 3.50. The quantitative estimate of drug-likeness (QED) is 0.557. The highest BCUT2D eigenvalue weighted by Crippen LogP contribution is 2.30. The van der Waals surface area contributed by atoms with E-state index >= 15 is 0 Å². The highest BCUT2D eigenvalue weighted by Gasteiger charge is 2.31. The Morgan fingerprint density at radius 1 is 1.09 bits per heavy atom. The molecule has 0 unspecified atom stereocenters. The average molecular weight is 446 g/mol. The lowest BCUT2D eigenvalue weighted by molar-refractivity contribution is -0.137. The predicted octanol–water partition coefficient (Wildman–Crippen LogP) is 4.38. The van der Waals surface area contributed by atoms with Gasteiger partial charge in [-0.05, 0) is 43.2 Å². The molecule has 1 aliphatic rings. The maximum absolute atomic E-state index is 13.9. The molecule has 0 bridgehead atoms.